The Kier molecular flexibility index (Phi) is 2.05. The van der Waals surface area contributed by atoms with Crippen molar-refractivity contribution in [2.45, 2.75) is 45.0 Å². The molecule has 2 aliphatic rings. The van der Waals surface area contributed by atoms with Crippen molar-refractivity contribution in [3.8, 4) is 0 Å². The molecule has 3 nitrogen and oxygen atoms in total. The molecule has 1 aliphatic heterocycles. The van der Waals surface area contributed by atoms with Gasteiger partial charge in [0.25, 0.3) is 0 Å². The van der Waals surface area contributed by atoms with E-state index in [2.05, 4.69) is 26.8 Å². The van der Waals surface area contributed by atoms with Crippen LogP contribution in [0.15, 0.2) is 24.3 Å². The van der Waals surface area contributed by atoms with E-state index in [1.54, 1.807) is 0 Å². The van der Waals surface area contributed by atoms with Crippen LogP contribution in [0.2, 0.25) is 0 Å². The molecule has 1 aromatic carbocycles. The molecule has 1 N–H and O–H groups in total. The van der Waals surface area contributed by atoms with Crippen molar-refractivity contribution in [3.05, 3.63) is 35.4 Å². The molecule has 3 rings (SSSR count). The van der Waals surface area contributed by atoms with Gasteiger partial charge in [0, 0.05) is 11.8 Å². The van der Waals surface area contributed by atoms with E-state index >= 15 is 0 Å². The molecule has 92 valence electrons. The average Bonchev–Trinajstić information content (AvgIpc) is 2.23. The minimum Gasteiger partial charge on any atom is -0.361 e. The van der Waals surface area contributed by atoms with Gasteiger partial charge in [-0.1, -0.05) is 45.0 Å². The van der Waals surface area contributed by atoms with Gasteiger partial charge < -0.3 is 5.11 Å². The van der Waals surface area contributed by atoms with E-state index < -0.39 is 11.4 Å². The SMILES string of the molecule is CC(C)(C)C12OOC1(O)CCc1ccccc12. The molecule has 1 aliphatic carbocycles. The molecule has 1 aromatic rings. The summed E-state index contributed by atoms with van der Waals surface area (Å²) < 4.78 is 0. The molecule has 1 fully saturated rings. The van der Waals surface area contributed by atoms with Crippen molar-refractivity contribution in [3.63, 3.8) is 0 Å². The molecule has 3 heteroatoms. The van der Waals surface area contributed by atoms with E-state index in [0.29, 0.717) is 6.42 Å². The summed E-state index contributed by atoms with van der Waals surface area (Å²) in [5.41, 5.74) is 1.34. The Morgan fingerprint density at radius 1 is 1.18 bits per heavy atom. The monoisotopic (exact) mass is 234 g/mol. The van der Waals surface area contributed by atoms with E-state index in [4.69, 9.17) is 9.78 Å². The molecule has 1 saturated heterocycles. The van der Waals surface area contributed by atoms with Crippen molar-refractivity contribution < 1.29 is 14.9 Å². The van der Waals surface area contributed by atoms with Crippen LogP contribution in [0.1, 0.15) is 38.3 Å². The second-order valence-electron chi connectivity index (χ2n) is 6.04. The number of aliphatic hydroxyl groups is 1. The molecule has 0 aromatic heterocycles. The van der Waals surface area contributed by atoms with Crippen LogP contribution in [0.4, 0.5) is 0 Å². The maximum Gasteiger partial charge on any atom is 0.236 e. The van der Waals surface area contributed by atoms with Gasteiger partial charge in [-0.2, -0.15) is 4.89 Å². The molecule has 0 bridgehead atoms. The first-order valence-electron chi connectivity index (χ1n) is 6.08. The molecule has 17 heavy (non-hydrogen) atoms. The smallest absolute Gasteiger partial charge is 0.236 e. The van der Waals surface area contributed by atoms with E-state index in [1.807, 2.05) is 18.2 Å². The highest BCUT2D eigenvalue weighted by atomic mass is 17.3. The summed E-state index contributed by atoms with van der Waals surface area (Å²) in [7, 11) is 0. The summed E-state index contributed by atoms with van der Waals surface area (Å²) >= 11 is 0. The van der Waals surface area contributed by atoms with Gasteiger partial charge in [-0.25, -0.2) is 4.89 Å². The van der Waals surface area contributed by atoms with E-state index in [9.17, 15) is 5.11 Å². The van der Waals surface area contributed by atoms with Crippen LogP contribution >= 0.6 is 0 Å². The summed E-state index contributed by atoms with van der Waals surface area (Å²) in [6, 6.07) is 8.15. The van der Waals surface area contributed by atoms with Crippen LogP contribution in [-0.4, -0.2) is 10.9 Å². The Morgan fingerprint density at radius 3 is 2.47 bits per heavy atom. The Labute approximate surface area is 101 Å². The Morgan fingerprint density at radius 2 is 1.88 bits per heavy atom. The number of fused-ring (bicyclic) bond motifs is 3. The quantitative estimate of drug-likeness (QED) is 0.701. The molecule has 0 radical (unpaired) electrons. The van der Waals surface area contributed by atoms with Crippen molar-refractivity contribution in [1.82, 2.24) is 0 Å². The molecule has 0 saturated carbocycles. The van der Waals surface area contributed by atoms with Crippen LogP contribution in [0.5, 0.6) is 0 Å². The minimum atomic E-state index is -1.18. The van der Waals surface area contributed by atoms with Crippen LogP contribution in [0.25, 0.3) is 0 Å². The Balaban J connectivity index is 2.24. The topological polar surface area (TPSA) is 38.7 Å². The lowest BCUT2D eigenvalue weighted by atomic mass is 9.61. The van der Waals surface area contributed by atoms with E-state index in [0.717, 1.165) is 12.0 Å². The summed E-state index contributed by atoms with van der Waals surface area (Å²) in [4.78, 5) is 10.5. The first kappa shape index (κ1) is 11.2. The predicted molar refractivity (Wildman–Crippen MR) is 63.0 cm³/mol. The summed E-state index contributed by atoms with van der Waals surface area (Å²) in [5.74, 6) is -1.18. The third kappa shape index (κ3) is 1.17. The zero-order valence-electron chi connectivity index (χ0n) is 10.5. The van der Waals surface area contributed by atoms with Gasteiger partial charge in [0.05, 0.1) is 0 Å². The largest absolute Gasteiger partial charge is 0.361 e. The lowest BCUT2D eigenvalue weighted by molar-refractivity contribution is -0.634. The van der Waals surface area contributed by atoms with Crippen LogP contribution in [-0.2, 0) is 21.8 Å². The van der Waals surface area contributed by atoms with Gasteiger partial charge in [0.15, 0.2) is 5.60 Å². The van der Waals surface area contributed by atoms with Gasteiger partial charge in [0.2, 0.25) is 5.79 Å². The number of hydrogen-bond acceptors (Lipinski definition) is 3. The molecule has 0 spiro atoms. The van der Waals surface area contributed by atoms with Crippen molar-refractivity contribution in [2.24, 2.45) is 5.41 Å². The average molecular weight is 234 g/mol. The fourth-order valence-corrected chi connectivity index (χ4v) is 3.20. The van der Waals surface area contributed by atoms with Gasteiger partial charge in [-0.05, 0) is 17.5 Å². The Bertz CT molecular complexity index is 463. The fourth-order valence-electron chi connectivity index (χ4n) is 3.20. The summed E-state index contributed by atoms with van der Waals surface area (Å²) in [6.45, 7) is 6.22. The van der Waals surface area contributed by atoms with E-state index in [1.165, 1.54) is 5.56 Å². The van der Waals surface area contributed by atoms with Crippen LogP contribution in [0, 0.1) is 5.41 Å². The zero-order chi connectivity index (χ0) is 12.3. The summed E-state index contributed by atoms with van der Waals surface area (Å²) in [6.07, 6.45) is 1.41. The second-order valence-corrected chi connectivity index (χ2v) is 6.04. The second kappa shape index (κ2) is 3.10. The molecular formula is C14H18O3. The standard InChI is InChI=1S/C14H18O3/c1-12(2,3)14-11-7-5-4-6-10(11)8-9-13(14,15)16-17-14/h4-7,15H,8-9H2,1-3H3. The number of aryl methyl sites for hydroxylation is 1. The van der Waals surface area contributed by atoms with Crippen LogP contribution in [0.3, 0.4) is 0 Å². The normalized spacial score (nSPS) is 35.8. The van der Waals surface area contributed by atoms with Crippen molar-refractivity contribution in [2.75, 3.05) is 0 Å². The third-order valence-corrected chi connectivity index (χ3v) is 4.04. The lowest BCUT2D eigenvalue weighted by Gasteiger charge is -2.61. The highest BCUT2D eigenvalue weighted by Crippen LogP contribution is 2.61. The zero-order valence-corrected chi connectivity index (χ0v) is 10.5. The number of rotatable bonds is 0. The Hall–Kier alpha value is -0.900. The molecule has 2 unspecified atom stereocenters. The molecule has 0 amide bonds. The van der Waals surface area contributed by atoms with Gasteiger partial charge in [0.1, 0.15) is 0 Å². The lowest BCUT2D eigenvalue weighted by Crippen LogP contribution is -2.71. The molecular weight excluding hydrogens is 216 g/mol. The minimum absolute atomic E-state index is 0.226. The fraction of sp³-hybridized carbons (Fsp3) is 0.571. The summed E-state index contributed by atoms with van der Waals surface area (Å²) in [5, 5.41) is 10.6. The van der Waals surface area contributed by atoms with Crippen molar-refractivity contribution in [1.29, 1.82) is 0 Å². The first-order chi connectivity index (χ1) is 7.91. The maximum absolute atomic E-state index is 10.6. The van der Waals surface area contributed by atoms with Crippen LogP contribution < -0.4 is 0 Å². The van der Waals surface area contributed by atoms with Gasteiger partial charge in [-0.15, -0.1) is 0 Å². The maximum atomic E-state index is 10.6. The van der Waals surface area contributed by atoms with E-state index in [-0.39, 0.29) is 5.41 Å². The van der Waals surface area contributed by atoms with Gasteiger partial charge in [-0.3, -0.25) is 0 Å². The number of hydrogen-bond donors (Lipinski definition) is 1. The molecule has 1 heterocycles. The highest BCUT2D eigenvalue weighted by Gasteiger charge is 2.71. The predicted octanol–water partition coefficient (Wildman–Crippen LogP) is 2.52. The third-order valence-electron chi connectivity index (χ3n) is 4.04. The number of benzene rings is 1. The highest BCUT2D eigenvalue weighted by molar-refractivity contribution is 5.40. The van der Waals surface area contributed by atoms with Crippen molar-refractivity contribution >= 4 is 0 Å². The molecule has 2 atom stereocenters. The van der Waals surface area contributed by atoms with Gasteiger partial charge >= 0.3 is 0 Å². The first-order valence-corrected chi connectivity index (χ1v) is 6.08.